The average molecular weight is 302 g/mol. The van der Waals surface area contributed by atoms with Crippen LogP contribution in [0.1, 0.15) is 18.6 Å². The summed E-state index contributed by atoms with van der Waals surface area (Å²) >= 11 is 2.42. The highest BCUT2D eigenvalue weighted by Crippen LogP contribution is 2.32. The van der Waals surface area contributed by atoms with E-state index in [1.807, 2.05) is 0 Å². The first kappa shape index (κ1) is 13.4. The lowest BCUT2D eigenvalue weighted by Crippen LogP contribution is -2.27. The van der Waals surface area contributed by atoms with E-state index in [1.165, 1.54) is 6.92 Å². The number of benzene rings is 1. The van der Waals surface area contributed by atoms with Crippen LogP contribution in [0.4, 0.5) is 17.6 Å². The molecule has 0 heterocycles. The Morgan fingerprint density at radius 3 is 2.00 bits per heavy atom. The largest absolute Gasteiger partial charge is 0.387 e. The van der Waals surface area contributed by atoms with Gasteiger partial charge in [0.05, 0.1) is 16.1 Å². The predicted octanol–water partition coefficient (Wildman–Crippen LogP) is 2.39. The minimum atomic E-state index is -1.86. The molecule has 0 saturated heterocycles. The summed E-state index contributed by atoms with van der Waals surface area (Å²) in [5, 5.41) is 9.38. The lowest BCUT2D eigenvalue weighted by molar-refractivity contribution is 0.142. The van der Waals surface area contributed by atoms with Crippen LogP contribution in [0.2, 0.25) is 0 Å². The number of hydrogen-bond donors (Lipinski definition) is 2. The fourth-order valence-corrected chi connectivity index (χ4v) is 1.53. The van der Waals surface area contributed by atoms with Crippen molar-refractivity contribution in [1.29, 1.82) is 0 Å². The van der Waals surface area contributed by atoms with Crippen molar-refractivity contribution in [2.24, 2.45) is 5.73 Å². The van der Waals surface area contributed by atoms with Gasteiger partial charge in [0.1, 0.15) is 5.82 Å². The monoisotopic (exact) mass is 301 g/mol. The van der Waals surface area contributed by atoms with Crippen molar-refractivity contribution < 1.29 is 22.7 Å². The summed E-state index contributed by atoms with van der Waals surface area (Å²) in [6.07, 6.45) is -1.76. The highest BCUT2D eigenvalue weighted by molar-refractivity contribution is 9.10. The third-order valence-electron chi connectivity index (χ3n) is 2.04. The number of hydrogen-bond acceptors (Lipinski definition) is 2. The maximum Gasteiger partial charge on any atom is 0.196 e. The maximum absolute atomic E-state index is 13.4. The Labute approximate surface area is 97.2 Å². The predicted molar refractivity (Wildman–Crippen MR) is 52.6 cm³/mol. The summed E-state index contributed by atoms with van der Waals surface area (Å²) in [5.41, 5.74) is 4.24. The van der Waals surface area contributed by atoms with Crippen LogP contribution in [-0.4, -0.2) is 11.1 Å². The molecule has 0 fully saturated rings. The number of halogens is 5. The molecule has 3 N–H and O–H groups in total. The summed E-state index contributed by atoms with van der Waals surface area (Å²) in [6, 6.07) is -1.03. The first-order valence-electron chi connectivity index (χ1n) is 4.24. The quantitative estimate of drug-likeness (QED) is 0.500. The number of aliphatic hydroxyl groups is 1. The SMILES string of the molecule is C[C@H](N)[C@H](O)c1c(F)c(F)c(F)c(Br)c1F. The van der Waals surface area contributed by atoms with Gasteiger partial charge in [0.25, 0.3) is 0 Å². The van der Waals surface area contributed by atoms with Gasteiger partial charge in [0.2, 0.25) is 0 Å². The van der Waals surface area contributed by atoms with Crippen LogP contribution in [0.15, 0.2) is 4.47 Å². The van der Waals surface area contributed by atoms with Crippen LogP contribution in [0.25, 0.3) is 0 Å². The molecule has 0 aliphatic rings. The van der Waals surface area contributed by atoms with E-state index in [9.17, 15) is 22.7 Å². The van der Waals surface area contributed by atoms with Gasteiger partial charge in [-0.15, -0.1) is 0 Å². The number of nitrogens with two attached hydrogens (primary N) is 1. The van der Waals surface area contributed by atoms with Crippen molar-refractivity contribution >= 4 is 15.9 Å². The molecule has 0 radical (unpaired) electrons. The standard InChI is InChI=1S/C9H8BrF4NO/c1-2(15)9(16)3-5(11)4(10)7(13)8(14)6(3)12/h2,9,16H,15H2,1H3/t2-,9-/m0/s1. The molecule has 0 unspecified atom stereocenters. The summed E-state index contributed by atoms with van der Waals surface area (Å²) < 4.78 is 51.6. The Morgan fingerprint density at radius 1 is 1.06 bits per heavy atom. The zero-order valence-corrected chi connectivity index (χ0v) is 9.66. The Bertz CT molecular complexity index is 395. The van der Waals surface area contributed by atoms with E-state index in [2.05, 4.69) is 15.9 Å². The molecular formula is C9H8BrF4NO. The van der Waals surface area contributed by atoms with Gasteiger partial charge in [-0.25, -0.2) is 17.6 Å². The van der Waals surface area contributed by atoms with Crippen molar-refractivity contribution in [3.05, 3.63) is 33.3 Å². The van der Waals surface area contributed by atoms with Gasteiger partial charge in [-0.05, 0) is 22.9 Å². The number of aliphatic hydroxyl groups excluding tert-OH is 1. The molecule has 1 rings (SSSR count). The van der Waals surface area contributed by atoms with Crippen molar-refractivity contribution in [3.63, 3.8) is 0 Å². The first-order valence-corrected chi connectivity index (χ1v) is 5.03. The molecule has 0 aliphatic carbocycles. The highest BCUT2D eigenvalue weighted by Gasteiger charge is 2.29. The smallest absolute Gasteiger partial charge is 0.196 e. The second-order valence-corrected chi connectivity index (χ2v) is 4.08. The zero-order chi connectivity index (χ0) is 12.6. The lowest BCUT2D eigenvalue weighted by atomic mass is 10.0. The summed E-state index contributed by atoms with van der Waals surface area (Å²) in [7, 11) is 0. The number of rotatable bonds is 2. The van der Waals surface area contributed by atoms with E-state index in [0.29, 0.717) is 0 Å². The Morgan fingerprint density at radius 2 is 1.56 bits per heavy atom. The van der Waals surface area contributed by atoms with Crippen LogP contribution in [-0.2, 0) is 0 Å². The van der Waals surface area contributed by atoms with Gasteiger partial charge in [0.15, 0.2) is 17.5 Å². The Kier molecular flexibility index (Phi) is 3.92. The average Bonchev–Trinajstić information content (AvgIpc) is 2.23. The van der Waals surface area contributed by atoms with Crippen LogP contribution in [0, 0.1) is 23.3 Å². The van der Waals surface area contributed by atoms with E-state index in [0.717, 1.165) is 0 Å². The minimum absolute atomic E-state index is 0.874. The summed E-state index contributed by atoms with van der Waals surface area (Å²) in [5.74, 6) is -6.72. The third-order valence-corrected chi connectivity index (χ3v) is 2.73. The van der Waals surface area contributed by atoms with E-state index < -0.39 is 45.5 Å². The van der Waals surface area contributed by atoms with Crippen molar-refractivity contribution in [2.75, 3.05) is 0 Å². The van der Waals surface area contributed by atoms with Gasteiger partial charge < -0.3 is 10.8 Å². The molecule has 2 atom stereocenters. The molecule has 0 saturated carbocycles. The van der Waals surface area contributed by atoms with Crippen LogP contribution in [0.3, 0.4) is 0 Å². The van der Waals surface area contributed by atoms with Gasteiger partial charge in [0, 0.05) is 6.04 Å². The maximum atomic E-state index is 13.4. The molecule has 2 nitrogen and oxygen atoms in total. The van der Waals surface area contributed by atoms with E-state index in [1.54, 1.807) is 0 Å². The molecule has 7 heteroatoms. The molecule has 0 aliphatic heterocycles. The second kappa shape index (κ2) is 4.68. The van der Waals surface area contributed by atoms with Crippen molar-refractivity contribution in [2.45, 2.75) is 19.1 Å². The molecule has 90 valence electrons. The second-order valence-electron chi connectivity index (χ2n) is 3.29. The normalized spacial score (nSPS) is 15.0. The molecule has 16 heavy (non-hydrogen) atoms. The minimum Gasteiger partial charge on any atom is -0.387 e. The highest BCUT2D eigenvalue weighted by atomic mass is 79.9. The van der Waals surface area contributed by atoms with Crippen molar-refractivity contribution in [1.82, 2.24) is 0 Å². The van der Waals surface area contributed by atoms with Crippen LogP contribution >= 0.6 is 15.9 Å². The lowest BCUT2D eigenvalue weighted by Gasteiger charge is -2.17. The Balaban J connectivity index is 3.51. The van der Waals surface area contributed by atoms with Crippen LogP contribution in [0.5, 0.6) is 0 Å². The van der Waals surface area contributed by atoms with Gasteiger partial charge in [-0.2, -0.15) is 0 Å². The topological polar surface area (TPSA) is 46.2 Å². The van der Waals surface area contributed by atoms with Gasteiger partial charge in [-0.1, -0.05) is 0 Å². The third kappa shape index (κ3) is 2.07. The van der Waals surface area contributed by atoms with Crippen LogP contribution < -0.4 is 5.73 Å². The molecule has 0 bridgehead atoms. The van der Waals surface area contributed by atoms with E-state index in [-0.39, 0.29) is 0 Å². The van der Waals surface area contributed by atoms with E-state index >= 15 is 0 Å². The first-order chi connectivity index (χ1) is 7.29. The molecular weight excluding hydrogens is 294 g/mol. The molecule has 0 amide bonds. The zero-order valence-electron chi connectivity index (χ0n) is 8.07. The summed E-state index contributed by atoms with van der Waals surface area (Å²) in [4.78, 5) is 0. The fourth-order valence-electron chi connectivity index (χ4n) is 1.14. The Hall–Kier alpha value is -0.660. The van der Waals surface area contributed by atoms with Gasteiger partial charge >= 0.3 is 0 Å². The fraction of sp³-hybridized carbons (Fsp3) is 0.333. The molecule has 0 spiro atoms. The van der Waals surface area contributed by atoms with Gasteiger partial charge in [-0.3, -0.25) is 0 Å². The molecule has 1 aromatic rings. The summed E-state index contributed by atoms with van der Waals surface area (Å²) in [6.45, 7) is 1.28. The molecule has 0 aromatic heterocycles. The van der Waals surface area contributed by atoms with E-state index in [4.69, 9.17) is 5.73 Å². The van der Waals surface area contributed by atoms with Crippen molar-refractivity contribution in [3.8, 4) is 0 Å². The molecule has 1 aromatic carbocycles.